The number of rotatable bonds is 3. The second-order valence-electron chi connectivity index (χ2n) is 3.98. The van der Waals surface area contributed by atoms with Gasteiger partial charge in [-0.25, -0.2) is 0 Å². The van der Waals surface area contributed by atoms with Gasteiger partial charge in [-0.3, -0.25) is 9.67 Å². The predicted octanol–water partition coefficient (Wildman–Crippen LogP) is 4.32. The Bertz CT molecular complexity index is 792. The first-order valence-corrected chi connectivity index (χ1v) is 7.42. The highest BCUT2D eigenvalue weighted by Crippen LogP contribution is 2.31. The van der Waals surface area contributed by atoms with Crippen molar-refractivity contribution >= 4 is 35.2 Å². The maximum atomic E-state index is 6.09. The number of hydrogen-bond donors (Lipinski definition) is 1. The molecule has 0 saturated heterocycles. The highest BCUT2D eigenvalue weighted by molar-refractivity contribution is 7.71. The minimum atomic E-state index is 0.494. The zero-order valence-electron chi connectivity index (χ0n) is 10.5. The van der Waals surface area contributed by atoms with Crippen molar-refractivity contribution in [2.75, 3.05) is 7.11 Å². The van der Waals surface area contributed by atoms with Crippen LogP contribution in [0.25, 0.3) is 16.4 Å². The van der Waals surface area contributed by atoms with Crippen LogP contribution in [-0.4, -0.2) is 21.9 Å². The van der Waals surface area contributed by atoms with E-state index < -0.39 is 0 Å². The van der Waals surface area contributed by atoms with Crippen molar-refractivity contribution in [1.29, 1.82) is 0 Å². The van der Waals surface area contributed by atoms with Gasteiger partial charge >= 0.3 is 0 Å². The van der Waals surface area contributed by atoms with Gasteiger partial charge in [0.15, 0.2) is 10.6 Å². The third kappa shape index (κ3) is 2.26. The van der Waals surface area contributed by atoms with E-state index in [9.17, 15) is 0 Å². The van der Waals surface area contributed by atoms with E-state index in [4.69, 9.17) is 28.6 Å². The number of nitrogens with zero attached hydrogens (tertiary/aromatic N) is 2. The Morgan fingerprint density at radius 3 is 2.95 bits per heavy atom. The summed E-state index contributed by atoms with van der Waals surface area (Å²) in [5.74, 6) is 1.43. The average Bonchev–Trinajstić information content (AvgIpc) is 3.07. The molecule has 0 saturated carbocycles. The fraction of sp³-hybridized carbons (Fsp3) is 0.0769. The Labute approximate surface area is 129 Å². The van der Waals surface area contributed by atoms with E-state index in [1.807, 2.05) is 34.2 Å². The molecule has 0 fully saturated rings. The van der Waals surface area contributed by atoms with Gasteiger partial charge in [-0.15, -0.1) is 11.3 Å². The second-order valence-corrected chi connectivity index (χ2v) is 5.75. The predicted molar refractivity (Wildman–Crippen MR) is 83.6 cm³/mol. The molecule has 4 nitrogen and oxygen atoms in total. The molecular formula is C13H10ClN3OS2. The lowest BCUT2D eigenvalue weighted by Gasteiger charge is -2.11. The van der Waals surface area contributed by atoms with E-state index in [0.717, 1.165) is 16.4 Å². The summed E-state index contributed by atoms with van der Waals surface area (Å²) in [6, 6.07) is 9.35. The van der Waals surface area contributed by atoms with Gasteiger partial charge in [-0.1, -0.05) is 17.7 Å². The van der Waals surface area contributed by atoms with Crippen LogP contribution in [-0.2, 0) is 0 Å². The Balaban J connectivity index is 2.28. The molecule has 0 unspecified atom stereocenters. The first kappa shape index (κ1) is 13.4. The van der Waals surface area contributed by atoms with Gasteiger partial charge in [0, 0.05) is 5.02 Å². The van der Waals surface area contributed by atoms with E-state index in [1.54, 1.807) is 24.5 Å². The number of halogens is 1. The van der Waals surface area contributed by atoms with Crippen LogP contribution in [0.5, 0.6) is 5.75 Å². The first-order chi connectivity index (χ1) is 9.70. The van der Waals surface area contributed by atoms with Crippen molar-refractivity contribution in [3.8, 4) is 22.1 Å². The molecular weight excluding hydrogens is 314 g/mol. The van der Waals surface area contributed by atoms with Crippen LogP contribution in [0.4, 0.5) is 0 Å². The van der Waals surface area contributed by atoms with Crippen LogP contribution in [0.1, 0.15) is 0 Å². The smallest absolute Gasteiger partial charge is 0.200 e. The minimum Gasteiger partial charge on any atom is -0.495 e. The van der Waals surface area contributed by atoms with Crippen LogP contribution >= 0.6 is 35.2 Å². The molecule has 1 aromatic carbocycles. The summed E-state index contributed by atoms with van der Waals surface area (Å²) in [4.78, 5) is 1.01. The van der Waals surface area contributed by atoms with E-state index >= 15 is 0 Å². The molecule has 0 aliphatic heterocycles. The topological polar surface area (TPSA) is 42.8 Å². The standard InChI is InChI=1S/C13H10ClN3OS2/c1-18-10-5-4-8(14)7-9(10)17-12(15-16-13(17)19)11-3-2-6-20-11/h2-7H,1H3,(H,16,19). The van der Waals surface area contributed by atoms with Gasteiger partial charge < -0.3 is 4.74 Å². The fourth-order valence-electron chi connectivity index (χ4n) is 1.93. The fourth-order valence-corrected chi connectivity index (χ4v) is 3.03. The van der Waals surface area contributed by atoms with Crippen molar-refractivity contribution in [3.05, 3.63) is 45.5 Å². The van der Waals surface area contributed by atoms with Gasteiger partial charge in [-0.05, 0) is 41.9 Å². The molecule has 0 aliphatic rings. The van der Waals surface area contributed by atoms with E-state index in [1.165, 1.54) is 0 Å². The Kier molecular flexibility index (Phi) is 3.60. The number of aromatic amines is 1. The molecule has 102 valence electrons. The van der Waals surface area contributed by atoms with Gasteiger partial charge in [0.05, 0.1) is 17.7 Å². The van der Waals surface area contributed by atoms with Gasteiger partial charge in [0.2, 0.25) is 0 Å². The van der Waals surface area contributed by atoms with E-state index in [0.29, 0.717) is 15.5 Å². The highest BCUT2D eigenvalue weighted by atomic mass is 35.5. The third-order valence-electron chi connectivity index (χ3n) is 2.80. The summed E-state index contributed by atoms with van der Waals surface area (Å²) in [6.07, 6.45) is 0. The maximum absolute atomic E-state index is 6.09. The molecule has 0 radical (unpaired) electrons. The van der Waals surface area contributed by atoms with Gasteiger partial charge in [-0.2, -0.15) is 5.10 Å². The van der Waals surface area contributed by atoms with Crippen molar-refractivity contribution < 1.29 is 4.74 Å². The number of nitrogens with one attached hydrogen (secondary N) is 1. The molecule has 3 aromatic rings. The zero-order chi connectivity index (χ0) is 14.1. The van der Waals surface area contributed by atoms with Gasteiger partial charge in [0.1, 0.15) is 5.75 Å². The van der Waals surface area contributed by atoms with E-state index in [2.05, 4.69) is 10.2 Å². The summed E-state index contributed by atoms with van der Waals surface area (Å²) in [7, 11) is 1.61. The van der Waals surface area contributed by atoms with Crippen molar-refractivity contribution in [3.63, 3.8) is 0 Å². The molecule has 7 heteroatoms. The minimum absolute atomic E-state index is 0.494. The lowest BCUT2D eigenvalue weighted by atomic mass is 10.3. The molecule has 0 bridgehead atoms. The summed E-state index contributed by atoms with van der Waals surface area (Å²) >= 11 is 13.0. The molecule has 0 aliphatic carbocycles. The van der Waals surface area contributed by atoms with Crippen LogP contribution in [0.15, 0.2) is 35.7 Å². The number of thiophene rings is 1. The zero-order valence-corrected chi connectivity index (χ0v) is 12.9. The van der Waals surface area contributed by atoms with Gasteiger partial charge in [0.25, 0.3) is 0 Å². The van der Waals surface area contributed by atoms with Crippen molar-refractivity contribution in [2.45, 2.75) is 0 Å². The van der Waals surface area contributed by atoms with E-state index in [-0.39, 0.29) is 0 Å². The first-order valence-electron chi connectivity index (χ1n) is 5.76. The number of hydrogen-bond acceptors (Lipinski definition) is 4. The van der Waals surface area contributed by atoms with Crippen molar-refractivity contribution in [1.82, 2.24) is 14.8 Å². The Hall–Kier alpha value is -1.63. The Morgan fingerprint density at radius 2 is 2.25 bits per heavy atom. The summed E-state index contributed by atoms with van der Waals surface area (Å²) < 4.78 is 7.71. The summed E-state index contributed by atoms with van der Waals surface area (Å²) in [5.41, 5.74) is 0.766. The molecule has 0 spiro atoms. The molecule has 1 N–H and O–H groups in total. The highest BCUT2D eigenvalue weighted by Gasteiger charge is 2.15. The molecule has 2 heterocycles. The summed E-state index contributed by atoms with van der Waals surface area (Å²) in [6.45, 7) is 0. The maximum Gasteiger partial charge on any atom is 0.200 e. The number of benzene rings is 1. The van der Waals surface area contributed by atoms with Crippen LogP contribution in [0.3, 0.4) is 0 Å². The SMILES string of the molecule is COc1ccc(Cl)cc1-n1c(-c2cccs2)n[nH]c1=S. The summed E-state index contributed by atoms with van der Waals surface area (Å²) in [5, 5.41) is 9.72. The monoisotopic (exact) mass is 323 g/mol. The number of ether oxygens (including phenoxy) is 1. The lowest BCUT2D eigenvalue weighted by molar-refractivity contribution is 0.413. The quantitative estimate of drug-likeness (QED) is 0.730. The number of H-pyrrole nitrogens is 1. The lowest BCUT2D eigenvalue weighted by Crippen LogP contribution is -2.00. The third-order valence-corrected chi connectivity index (χ3v) is 4.17. The largest absolute Gasteiger partial charge is 0.495 e. The number of aromatic nitrogens is 3. The molecule has 3 rings (SSSR count). The van der Waals surface area contributed by atoms with Crippen LogP contribution in [0.2, 0.25) is 5.02 Å². The van der Waals surface area contributed by atoms with Crippen LogP contribution in [0, 0.1) is 4.77 Å². The van der Waals surface area contributed by atoms with Crippen LogP contribution < -0.4 is 4.74 Å². The normalized spacial score (nSPS) is 10.7. The molecule has 2 aromatic heterocycles. The molecule has 0 atom stereocenters. The average molecular weight is 324 g/mol. The number of methoxy groups -OCH3 is 1. The Morgan fingerprint density at radius 1 is 1.40 bits per heavy atom. The molecule has 20 heavy (non-hydrogen) atoms. The second kappa shape index (κ2) is 5.40. The van der Waals surface area contributed by atoms with Crippen molar-refractivity contribution in [2.24, 2.45) is 0 Å². The molecule has 0 amide bonds.